The fourth-order valence-electron chi connectivity index (χ4n) is 1.19. The molecule has 9 heteroatoms. The quantitative estimate of drug-likeness (QED) is 0.636. The van der Waals surface area contributed by atoms with Crippen LogP contribution in [-0.2, 0) is 13.8 Å². The zero-order valence-electron chi connectivity index (χ0n) is 10.0. The van der Waals surface area contributed by atoms with E-state index >= 15 is 0 Å². The largest absolute Gasteiger partial charge is 0.481 e. The van der Waals surface area contributed by atoms with Crippen LogP contribution in [0.4, 0.5) is 8.78 Å². The summed E-state index contributed by atoms with van der Waals surface area (Å²) in [5, 5.41) is 2.36. The molecule has 0 saturated heterocycles. The first kappa shape index (κ1) is 16.4. The molecular formula is C11H10ClF2NO4S. The van der Waals surface area contributed by atoms with E-state index in [1.54, 1.807) is 0 Å². The van der Waals surface area contributed by atoms with Crippen LogP contribution in [0.5, 0.6) is 5.75 Å². The molecule has 1 amide bonds. The van der Waals surface area contributed by atoms with Crippen molar-refractivity contribution in [1.29, 1.82) is 0 Å². The lowest BCUT2D eigenvalue weighted by Gasteiger charge is -2.08. The molecule has 0 heterocycles. The minimum absolute atomic E-state index is 0.197. The van der Waals surface area contributed by atoms with Gasteiger partial charge in [-0.1, -0.05) is 6.08 Å². The Labute approximate surface area is 118 Å². The highest BCUT2D eigenvalue weighted by Crippen LogP contribution is 2.27. The lowest BCUT2D eigenvalue weighted by atomic mass is 10.3. The smallest absolute Gasteiger partial charge is 0.264 e. The monoisotopic (exact) mass is 325 g/mol. The third-order valence-electron chi connectivity index (χ3n) is 2.08. The summed E-state index contributed by atoms with van der Waals surface area (Å²) in [4.78, 5) is 10.2. The van der Waals surface area contributed by atoms with E-state index in [0.29, 0.717) is 0 Å². The molecule has 0 aliphatic carbocycles. The van der Waals surface area contributed by atoms with Crippen LogP contribution in [0.25, 0.3) is 0 Å². The van der Waals surface area contributed by atoms with E-state index in [-0.39, 0.29) is 6.54 Å². The van der Waals surface area contributed by atoms with Gasteiger partial charge in [0, 0.05) is 17.2 Å². The molecule has 1 N–H and O–H groups in total. The van der Waals surface area contributed by atoms with E-state index in [0.717, 1.165) is 12.1 Å². The number of hydrogen-bond acceptors (Lipinski definition) is 4. The normalized spacial score (nSPS) is 10.9. The van der Waals surface area contributed by atoms with Crippen molar-refractivity contribution in [3.63, 3.8) is 0 Å². The van der Waals surface area contributed by atoms with Crippen molar-refractivity contribution in [3.8, 4) is 5.75 Å². The second-order valence-corrected chi connectivity index (χ2v) is 6.04. The Balaban J connectivity index is 2.86. The molecule has 5 nitrogen and oxygen atoms in total. The lowest BCUT2D eigenvalue weighted by molar-refractivity contribution is -0.122. The van der Waals surface area contributed by atoms with Gasteiger partial charge in [0.05, 0.1) is 0 Å². The number of carbonyl (C=O) groups is 1. The Morgan fingerprint density at radius 3 is 2.60 bits per heavy atom. The van der Waals surface area contributed by atoms with Crippen molar-refractivity contribution in [2.45, 2.75) is 4.90 Å². The maximum absolute atomic E-state index is 13.5. The summed E-state index contributed by atoms with van der Waals surface area (Å²) in [6.45, 7) is 3.01. The second kappa shape index (κ2) is 6.67. The predicted octanol–water partition coefficient (Wildman–Crippen LogP) is 1.57. The molecule has 110 valence electrons. The van der Waals surface area contributed by atoms with Gasteiger partial charge in [-0.15, -0.1) is 6.58 Å². The van der Waals surface area contributed by atoms with Gasteiger partial charge in [0.2, 0.25) is 5.82 Å². The van der Waals surface area contributed by atoms with Crippen LogP contribution in [-0.4, -0.2) is 27.5 Å². The molecular weight excluding hydrogens is 316 g/mol. The summed E-state index contributed by atoms with van der Waals surface area (Å²) in [5.74, 6) is -4.37. The minimum Gasteiger partial charge on any atom is -0.481 e. The van der Waals surface area contributed by atoms with Crippen LogP contribution in [0, 0.1) is 11.6 Å². The average Bonchev–Trinajstić information content (AvgIpc) is 2.36. The van der Waals surface area contributed by atoms with Crippen molar-refractivity contribution in [2.24, 2.45) is 0 Å². The summed E-state index contributed by atoms with van der Waals surface area (Å²) < 4.78 is 53.6. The van der Waals surface area contributed by atoms with Crippen molar-refractivity contribution >= 4 is 25.6 Å². The van der Waals surface area contributed by atoms with Crippen LogP contribution in [0.15, 0.2) is 29.7 Å². The third kappa shape index (κ3) is 4.17. The van der Waals surface area contributed by atoms with Gasteiger partial charge < -0.3 is 10.1 Å². The standard InChI is InChI=1S/C11H10ClF2NO4S/c1-2-5-15-9(16)6-19-7-3-4-8(20(12,17)18)11(14)10(7)13/h2-4H,1,5-6H2,(H,15,16). The van der Waals surface area contributed by atoms with Gasteiger partial charge in [0.15, 0.2) is 18.2 Å². The van der Waals surface area contributed by atoms with Crippen molar-refractivity contribution in [2.75, 3.05) is 13.2 Å². The van der Waals surface area contributed by atoms with Gasteiger partial charge in [-0.25, -0.2) is 12.8 Å². The number of amides is 1. The molecule has 0 unspecified atom stereocenters. The summed E-state index contributed by atoms with van der Waals surface area (Å²) in [6, 6.07) is 1.62. The highest BCUT2D eigenvalue weighted by atomic mass is 35.7. The van der Waals surface area contributed by atoms with E-state index < -0.39 is 43.8 Å². The van der Waals surface area contributed by atoms with Gasteiger partial charge in [-0.3, -0.25) is 4.79 Å². The Kier molecular flexibility index (Phi) is 5.46. The van der Waals surface area contributed by atoms with Crippen molar-refractivity contribution in [3.05, 3.63) is 36.4 Å². The van der Waals surface area contributed by atoms with E-state index in [1.165, 1.54) is 6.08 Å². The van der Waals surface area contributed by atoms with Crippen LogP contribution in [0.1, 0.15) is 0 Å². The van der Waals surface area contributed by atoms with Crippen molar-refractivity contribution < 1.29 is 26.7 Å². The molecule has 0 aliphatic rings. The molecule has 0 fully saturated rings. The SMILES string of the molecule is C=CCNC(=O)COc1ccc(S(=O)(=O)Cl)c(F)c1F. The highest BCUT2D eigenvalue weighted by molar-refractivity contribution is 8.13. The summed E-state index contributed by atoms with van der Waals surface area (Å²) in [7, 11) is 0.519. The zero-order valence-corrected chi connectivity index (χ0v) is 11.6. The topological polar surface area (TPSA) is 72.5 Å². The molecule has 1 rings (SSSR count). The Morgan fingerprint density at radius 2 is 2.05 bits per heavy atom. The molecule has 1 aromatic carbocycles. The van der Waals surface area contributed by atoms with E-state index in [9.17, 15) is 22.0 Å². The van der Waals surface area contributed by atoms with Gasteiger partial charge in [-0.05, 0) is 12.1 Å². The van der Waals surface area contributed by atoms with E-state index in [1.807, 2.05) is 0 Å². The zero-order chi connectivity index (χ0) is 15.3. The summed E-state index contributed by atoms with van der Waals surface area (Å²) >= 11 is 0. The lowest BCUT2D eigenvalue weighted by Crippen LogP contribution is -2.29. The van der Waals surface area contributed by atoms with E-state index in [2.05, 4.69) is 11.9 Å². The van der Waals surface area contributed by atoms with Gasteiger partial charge in [0.25, 0.3) is 15.0 Å². The molecule has 20 heavy (non-hydrogen) atoms. The number of hydrogen-bond donors (Lipinski definition) is 1. The summed E-state index contributed by atoms with van der Waals surface area (Å²) in [5.41, 5.74) is 0. The first-order valence-electron chi connectivity index (χ1n) is 5.20. The van der Waals surface area contributed by atoms with Crippen molar-refractivity contribution in [1.82, 2.24) is 5.32 Å². The number of rotatable bonds is 6. The molecule has 0 aliphatic heterocycles. The fraction of sp³-hybridized carbons (Fsp3) is 0.182. The van der Waals surface area contributed by atoms with Crippen LogP contribution in [0.3, 0.4) is 0 Å². The average molecular weight is 326 g/mol. The van der Waals surface area contributed by atoms with E-state index in [4.69, 9.17) is 15.4 Å². The van der Waals surface area contributed by atoms with Gasteiger partial charge in [-0.2, -0.15) is 4.39 Å². The van der Waals surface area contributed by atoms with Gasteiger partial charge >= 0.3 is 0 Å². The molecule has 0 radical (unpaired) electrons. The number of ether oxygens (including phenoxy) is 1. The predicted molar refractivity (Wildman–Crippen MR) is 68.1 cm³/mol. The number of carbonyl (C=O) groups excluding carboxylic acids is 1. The molecule has 0 aromatic heterocycles. The maximum Gasteiger partial charge on any atom is 0.264 e. The molecule has 0 bridgehead atoms. The highest BCUT2D eigenvalue weighted by Gasteiger charge is 2.22. The fourth-order valence-corrected chi connectivity index (χ4v) is 2.09. The molecule has 0 atom stereocenters. The first-order chi connectivity index (χ1) is 9.27. The Morgan fingerprint density at radius 1 is 1.40 bits per heavy atom. The molecule has 1 aromatic rings. The third-order valence-corrected chi connectivity index (χ3v) is 3.42. The Hall–Kier alpha value is -1.67. The first-order valence-corrected chi connectivity index (χ1v) is 7.51. The molecule has 0 spiro atoms. The Bertz CT molecular complexity index is 634. The van der Waals surface area contributed by atoms with Crippen LogP contribution < -0.4 is 10.1 Å². The minimum atomic E-state index is -4.40. The number of nitrogens with one attached hydrogen (secondary N) is 1. The number of benzene rings is 1. The number of halogens is 3. The van der Waals surface area contributed by atoms with Gasteiger partial charge in [0.1, 0.15) is 4.90 Å². The summed E-state index contributed by atoms with van der Waals surface area (Å²) in [6.07, 6.45) is 1.43. The van der Waals surface area contributed by atoms with Crippen LogP contribution >= 0.6 is 10.7 Å². The second-order valence-electron chi connectivity index (χ2n) is 3.51. The molecule has 0 saturated carbocycles. The maximum atomic E-state index is 13.5. The van der Waals surface area contributed by atoms with Crippen LogP contribution in [0.2, 0.25) is 0 Å².